The molecule has 0 saturated heterocycles. The molecular weight excluding hydrogens is 803 g/mol. The SMILES string of the molecule is COCCOCCOCCNc1cc(COc2cc3c(cc2OC)C(=O)N2c4ccccc4C[C@@H]2C=N3)cc(COc2cc3c(cc2OC)C(=O)N2c4ccccc4C[C@H]2CN3)c1. The van der Waals surface area contributed by atoms with Gasteiger partial charge in [-0.05, 0) is 71.1 Å². The Hall–Kier alpha value is -6.61. The maximum atomic E-state index is 14.0. The first-order valence-electron chi connectivity index (χ1n) is 21.2. The van der Waals surface area contributed by atoms with Crippen molar-refractivity contribution in [1.29, 1.82) is 0 Å². The van der Waals surface area contributed by atoms with E-state index in [2.05, 4.69) is 22.8 Å². The molecule has 0 fully saturated rings. The van der Waals surface area contributed by atoms with Gasteiger partial charge >= 0.3 is 0 Å². The number of anilines is 4. The number of fused-ring (bicyclic) bond motifs is 8. The molecule has 4 aliphatic heterocycles. The average Bonchev–Trinajstić information content (AvgIpc) is 3.80. The Balaban J connectivity index is 0.929. The number of amides is 2. The van der Waals surface area contributed by atoms with Crippen LogP contribution in [0.2, 0.25) is 0 Å². The van der Waals surface area contributed by atoms with Crippen molar-refractivity contribution in [1.82, 2.24) is 0 Å². The van der Waals surface area contributed by atoms with Crippen LogP contribution in [0.15, 0.2) is 96.0 Å². The quantitative estimate of drug-likeness (QED) is 0.0863. The zero-order chi connectivity index (χ0) is 43.3. The molecule has 0 bridgehead atoms. The van der Waals surface area contributed by atoms with Gasteiger partial charge in [0, 0.05) is 62.0 Å². The van der Waals surface area contributed by atoms with Gasteiger partial charge < -0.3 is 48.7 Å². The van der Waals surface area contributed by atoms with Crippen molar-refractivity contribution in [2.24, 2.45) is 4.99 Å². The van der Waals surface area contributed by atoms with Crippen molar-refractivity contribution in [3.05, 3.63) is 124 Å². The molecule has 2 amide bonds. The minimum atomic E-state index is -0.173. The number of ether oxygens (including phenoxy) is 7. The lowest BCUT2D eigenvalue weighted by molar-refractivity contribution is 0.0272. The topological polar surface area (TPSA) is 142 Å². The number of carbonyl (C=O) groups is 2. The minimum Gasteiger partial charge on any atom is -0.493 e. The van der Waals surface area contributed by atoms with Crippen molar-refractivity contribution in [2.75, 3.05) is 87.9 Å². The summed E-state index contributed by atoms with van der Waals surface area (Å²) in [5, 5.41) is 6.99. The smallest absolute Gasteiger partial charge is 0.261 e. The Bertz CT molecular complexity index is 2530. The van der Waals surface area contributed by atoms with Gasteiger partial charge in [-0.15, -0.1) is 0 Å². The van der Waals surface area contributed by atoms with E-state index in [1.807, 2.05) is 76.7 Å². The first kappa shape index (κ1) is 41.7. The maximum Gasteiger partial charge on any atom is 0.261 e. The maximum absolute atomic E-state index is 14.0. The van der Waals surface area contributed by atoms with Crippen LogP contribution >= 0.6 is 0 Å². The summed E-state index contributed by atoms with van der Waals surface area (Å²) in [6.07, 6.45) is 3.33. The van der Waals surface area contributed by atoms with Crippen LogP contribution in [0.5, 0.6) is 23.0 Å². The highest BCUT2D eigenvalue weighted by Gasteiger charge is 2.38. The van der Waals surface area contributed by atoms with E-state index in [4.69, 9.17) is 38.2 Å². The largest absolute Gasteiger partial charge is 0.493 e. The second kappa shape index (κ2) is 18.8. The van der Waals surface area contributed by atoms with Gasteiger partial charge in [-0.1, -0.05) is 36.4 Å². The zero-order valence-corrected chi connectivity index (χ0v) is 35.7. The number of hydrogen-bond donors (Lipinski definition) is 2. The molecule has 14 heteroatoms. The summed E-state index contributed by atoms with van der Waals surface area (Å²) in [6, 6.07) is 29.0. The number of nitrogens with one attached hydrogen (secondary N) is 2. The molecule has 0 radical (unpaired) electrons. The van der Waals surface area contributed by atoms with Gasteiger partial charge in [0.1, 0.15) is 13.2 Å². The number of nitrogens with zero attached hydrogens (tertiary/aromatic N) is 3. The van der Waals surface area contributed by atoms with E-state index in [-0.39, 0.29) is 37.1 Å². The van der Waals surface area contributed by atoms with Gasteiger partial charge in [-0.3, -0.25) is 19.5 Å². The highest BCUT2D eigenvalue weighted by molar-refractivity contribution is 6.15. The van der Waals surface area contributed by atoms with Crippen molar-refractivity contribution in [3.8, 4) is 23.0 Å². The van der Waals surface area contributed by atoms with Gasteiger partial charge in [-0.2, -0.15) is 0 Å². The third kappa shape index (κ3) is 8.74. The Morgan fingerprint density at radius 3 is 2.00 bits per heavy atom. The number of methoxy groups -OCH3 is 3. The van der Waals surface area contributed by atoms with E-state index < -0.39 is 0 Å². The molecule has 0 aliphatic carbocycles. The molecule has 4 heterocycles. The molecule has 2 N–H and O–H groups in total. The van der Waals surface area contributed by atoms with Crippen molar-refractivity contribution in [3.63, 3.8) is 0 Å². The monoisotopic (exact) mass is 853 g/mol. The lowest BCUT2D eigenvalue weighted by Gasteiger charge is -2.22. The van der Waals surface area contributed by atoms with Gasteiger partial charge in [0.25, 0.3) is 11.8 Å². The number of para-hydroxylation sites is 2. The van der Waals surface area contributed by atoms with Crippen molar-refractivity contribution < 1.29 is 42.7 Å². The lowest BCUT2D eigenvalue weighted by Crippen LogP contribution is -2.39. The molecule has 2 atom stereocenters. The highest BCUT2D eigenvalue weighted by atomic mass is 16.5. The second-order valence-electron chi connectivity index (χ2n) is 15.7. The first-order chi connectivity index (χ1) is 30.9. The van der Waals surface area contributed by atoms with Crippen LogP contribution in [-0.4, -0.2) is 97.6 Å². The summed E-state index contributed by atoms with van der Waals surface area (Å²) >= 11 is 0. The predicted octanol–water partition coefficient (Wildman–Crippen LogP) is 7.24. The van der Waals surface area contributed by atoms with Crippen LogP contribution in [0.3, 0.4) is 0 Å². The Morgan fingerprint density at radius 2 is 1.29 bits per heavy atom. The zero-order valence-electron chi connectivity index (χ0n) is 35.7. The fourth-order valence-corrected chi connectivity index (χ4v) is 8.69. The van der Waals surface area contributed by atoms with E-state index >= 15 is 0 Å². The van der Waals surface area contributed by atoms with Crippen LogP contribution < -0.4 is 39.4 Å². The van der Waals surface area contributed by atoms with E-state index in [1.165, 1.54) is 5.56 Å². The number of rotatable bonds is 18. The fraction of sp³-hybridized carbons (Fsp3) is 0.327. The predicted molar refractivity (Wildman–Crippen MR) is 241 cm³/mol. The molecule has 0 aromatic heterocycles. The standard InChI is InChI=1S/C49H51N5O9/c1-57-14-15-61-17-16-60-13-12-50-35-19-31(29-62-46-25-40-38(23-44(46)58-2)48(55)53-36(27-51-40)21-33-8-4-6-10-42(33)53)18-32(20-35)30-63-47-26-41-39(24-45(47)59-3)49(56)54-37(28-52-41)22-34-9-5-7-11-43(34)54/h4-11,18-20,23-27,36-37,50,52H,12-17,21-22,28-30H2,1-3H3/t36-,37+/m1/s1. The molecule has 4 aliphatic rings. The number of aliphatic imine (C=N–C) groups is 1. The van der Waals surface area contributed by atoms with Gasteiger partial charge in [0.05, 0.1) is 81.8 Å². The van der Waals surface area contributed by atoms with Crippen LogP contribution in [0.4, 0.5) is 28.4 Å². The normalized spacial score (nSPS) is 16.7. The molecule has 326 valence electrons. The highest BCUT2D eigenvalue weighted by Crippen LogP contribution is 2.43. The number of hydrogen-bond acceptors (Lipinski definition) is 12. The van der Waals surface area contributed by atoms with Crippen LogP contribution in [-0.2, 0) is 40.3 Å². The molecule has 9 rings (SSSR count). The number of benzene rings is 5. The summed E-state index contributed by atoms with van der Waals surface area (Å²) in [5.41, 5.74) is 8.91. The molecule has 0 spiro atoms. The Labute approximate surface area is 366 Å². The van der Waals surface area contributed by atoms with Crippen molar-refractivity contribution in [2.45, 2.75) is 38.1 Å². The van der Waals surface area contributed by atoms with E-state index in [1.54, 1.807) is 39.5 Å². The summed E-state index contributed by atoms with van der Waals surface area (Å²) < 4.78 is 40.8. The summed E-state index contributed by atoms with van der Waals surface area (Å²) in [4.78, 5) is 36.5. The average molecular weight is 854 g/mol. The van der Waals surface area contributed by atoms with E-state index in [0.717, 1.165) is 40.2 Å². The summed E-state index contributed by atoms with van der Waals surface area (Å²) in [7, 11) is 4.78. The summed E-state index contributed by atoms with van der Waals surface area (Å²) in [5.74, 6) is 1.64. The second-order valence-corrected chi connectivity index (χ2v) is 15.7. The third-order valence-electron chi connectivity index (χ3n) is 11.7. The van der Waals surface area contributed by atoms with Crippen LogP contribution in [0, 0.1) is 0 Å². The van der Waals surface area contributed by atoms with E-state index in [9.17, 15) is 9.59 Å². The molecule has 0 unspecified atom stereocenters. The Morgan fingerprint density at radius 1 is 0.667 bits per heavy atom. The molecular formula is C49H51N5O9. The van der Waals surface area contributed by atoms with Gasteiger partial charge in [-0.25, -0.2) is 0 Å². The molecule has 5 aromatic rings. The van der Waals surface area contributed by atoms with E-state index in [0.29, 0.717) is 98.0 Å². The van der Waals surface area contributed by atoms with Gasteiger partial charge in [0.15, 0.2) is 23.0 Å². The first-order valence-corrected chi connectivity index (χ1v) is 21.2. The van der Waals surface area contributed by atoms with Crippen LogP contribution in [0.1, 0.15) is 43.0 Å². The molecule has 14 nitrogen and oxygen atoms in total. The molecule has 5 aromatic carbocycles. The minimum absolute atomic E-state index is 0.00466. The van der Waals surface area contributed by atoms with Crippen LogP contribution in [0.25, 0.3) is 0 Å². The summed E-state index contributed by atoms with van der Waals surface area (Å²) in [6.45, 7) is 4.02. The van der Waals surface area contributed by atoms with Gasteiger partial charge in [0.2, 0.25) is 0 Å². The number of carbonyl (C=O) groups excluding carboxylic acids is 2. The fourth-order valence-electron chi connectivity index (χ4n) is 8.69. The van der Waals surface area contributed by atoms with Crippen molar-refractivity contribution >= 4 is 46.5 Å². The molecule has 63 heavy (non-hydrogen) atoms. The Kier molecular flexibility index (Phi) is 12.4. The third-order valence-corrected chi connectivity index (χ3v) is 11.7. The lowest BCUT2D eigenvalue weighted by atomic mass is 10.1. The molecule has 0 saturated carbocycles.